The van der Waals surface area contributed by atoms with Crippen molar-refractivity contribution >= 4 is 23.5 Å². The zero-order chi connectivity index (χ0) is 16.4. The molecule has 1 aliphatic carbocycles. The van der Waals surface area contributed by atoms with Crippen LogP contribution in [0.25, 0.3) is 0 Å². The fraction of sp³-hybridized carbons (Fsp3) is 0.438. The van der Waals surface area contributed by atoms with E-state index in [0.29, 0.717) is 24.3 Å². The van der Waals surface area contributed by atoms with Crippen molar-refractivity contribution in [2.45, 2.75) is 31.2 Å². The van der Waals surface area contributed by atoms with Gasteiger partial charge in [-0.25, -0.2) is 4.79 Å². The second kappa shape index (κ2) is 5.91. The van der Waals surface area contributed by atoms with Crippen LogP contribution in [0.15, 0.2) is 24.3 Å². The number of ether oxygens (including phenoxy) is 1. The first-order chi connectivity index (χ1) is 11.0. The third kappa shape index (κ3) is 2.86. The number of para-hydroxylation sites is 2. The van der Waals surface area contributed by atoms with Crippen LogP contribution in [0.1, 0.15) is 25.7 Å². The molecule has 1 saturated carbocycles. The molecule has 0 atom stereocenters. The third-order valence-corrected chi connectivity index (χ3v) is 4.36. The third-order valence-electron chi connectivity index (χ3n) is 4.36. The van der Waals surface area contributed by atoms with Gasteiger partial charge >= 0.3 is 5.97 Å². The number of amides is 2. The first-order valence-corrected chi connectivity index (χ1v) is 7.58. The van der Waals surface area contributed by atoms with Crippen LogP contribution in [0.4, 0.5) is 5.69 Å². The summed E-state index contributed by atoms with van der Waals surface area (Å²) >= 11 is 0. The van der Waals surface area contributed by atoms with Gasteiger partial charge in [-0.2, -0.15) is 0 Å². The average molecular weight is 318 g/mol. The zero-order valence-corrected chi connectivity index (χ0v) is 12.6. The summed E-state index contributed by atoms with van der Waals surface area (Å²) in [6, 6.07) is 6.96. The molecular formula is C16H18N2O5. The first-order valence-electron chi connectivity index (χ1n) is 7.58. The number of nitrogens with one attached hydrogen (secondary N) is 1. The lowest BCUT2D eigenvalue weighted by Crippen LogP contribution is -2.56. The van der Waals surface area contributed by atoms with Crippen LogP contribution in [0.2, 0.25) is 0 Å². The number of carbonyl (C=O) groups excluding carboxylic acids is 2. The molecule has 2 aliphatic rings. The van der Waals surface area contributed by atoms with E-state index >= 15 is 0 Å². The second-order valence-corrected chi connectivity index (χ2v) is 5.88. The van der Waals surface area contributed by atoms with Crippen LogP contribution in [0, 0.1) is 0 Å². The maximum Gasteiger partial charge on any atom is 0.329 e. The number of hydrogen-bond acceptors (Lipinski definition) is 4. The van der Waals surface area contributed by atoms with Gasteiger partial charge in [0.1, 0.15) is 17.8 Å². The molecule has 0 unspecified atom stereocenters. The lowest BCUT2D eigenvalue weighted by molar-refractivity contribution is -0.147. The molecular weight excluding hydrogens is 300 g/mol. The summed E-state index contributed by atoms with van der Waals surface area (Å²) in [5.41, 5.74) is -0.680. The summed E-state index contributed by atoms with van der Waals surface area (Å²) in [5, 5.41) is 12.0. The standard InChI is InChI=1S/C16H18N2O5/c19-13(17-16(15(21)22)7-3-4-8-16)9-18-11-5-1-2-6-12(11)23-10-14(18)20/h1-2,5-6H,3-4,7-10H2,(H,17,19)(H,21,22). The van der Waals surface area contributed by atoms with Gasteiger partial charge in [0.15, 0.2) is 6.61 Å². The monoisotopic (exact) mass is 318 g/mol. The Bertz CT molecular complexity index is 652. The fourth-order valence-electron chi connectivity index (χ4n) is 3.15. The van der Waals surface area contributed by atoms with Crippen LogP contribution in [0.5, 0.6) is 5.75 Å². The quantitative estimate of drug-likeness (QED) is 0.861. The van der Waals surface area contributed by atoms with Crippen molar-refractivity contribution in [3.63, 3.8) is 0 Å². The van der Waals surface area contributed by atoms with Crippen molar-refractivity contribution < 1.29 is 24.2 Å². The van der Waals surface area contributed by atoms with Gasteiger partial charge in [-0.1, -0.05) is 25.0 Å². The maximum atomic E-state index is 12.3. The molecule has 0 spiro atoms. The van der Waals surface area contributed by atoms with Crippen LogP contribution in [-0.4, -0.2) is 41.6 Å². The summed E-state index contributed by atoms with van der Waals surface area (Å²) in [7, 11) is 0. The second-order valence-electron chi connectivity index (χ2n) is 5.88. The number of benzene rings is 1. The highest BCUT2D eigenvalue weighted by molar-refractivity contribution is 6.02. The molecule has 1 aliphatic heterocycles. The highest BCUT2D eigenvalue weighted by Gasteiger charge is 2.43. The predicted molar refractivity (Wildman–Crippen MR) is 81.3 cm³/mol. The van der Waals surface area contributed by atoms with Crippen molar-refractivity contribution in [3.8, 4) is 5.75 Å². The molecule has 1 fully saturated rings. The Kier molecular flexibility index (Phi) is 3.94. The largest absolute Gasteiger partial charge is 0.482 e. The minimum Gasteiger partial charge on any atom is -0.482 e. The van der Waals surface area contributed by atoms with Gasteiger partial charge in [0, 0.05) is 0 Å². The molecule has 3 rings (SSSR count). The van der Waals surface area contributed by atoms with E-state index in [1.165, 1.54) is 4.90 Å². The Hall–Kier alpha value is -2.57. The molecule has 1 aromatic rings. The molecule has 1 heterocycles. The Morgan fingerprint density at radius 3 is 2.65 bits per heavy atom. The number of hydrogen-bond donors (Lipinski definition) is 2. The molecule has 0 radical (unpaired) electrons. The molecule has 2 N–H and O–H groups in total. The van der Waals surface area contributed by atoms with Crippen LogP contribution < -0.4 is 15.0 Å². The van der Waals surface area contributed by atoms with Crippen LogP contribution >= 0.6 is 0 Å². The number of carboxylic acid groups (broad SMARTS) is 1. The van der Waals surface area contributed by atoms with E-state index in [2.05, 4.69) is 5.32 Å². The molecule has 0 saturated heterocycles. The van der Waals surface area contributed by atoms with Gasteiger partial charge in [-0.3, -0.25) is 14.5 Å². The van der Waals surface area contributed by atoms with Gasteiger partial charge in [0.2, 0.25) is 5.91 Å². The van der Waals surface area contributed by atoms with E-state index < -0.39 is 17.4 Å². The van der Waals surface area contributed by atoms with Gasteiger partial charge in [0.25, 0.3) is 5.91 Å². The number of nitrogens with zero attached hydrogens (tertiary/aromatic N) is 1. The number of carbonyl (C=O) groups is 3. The SMILES string of the molecule is O=C(CN1C(=O)COc2ccccc21)NC1(C(=O)O)CCCC1. The molecule has 23 heavy (non-hydrogen) atoms. The Morgan fingerprint density at radius 1 is 1.26 bits per heavy atom. The van der Waals surface area contributed by atoms with Crippen molar-refractivity contribution in [1.82, 2.24) is 5.32 Å². The summed E-state index contributed by atoms with van der Waals surface area (Å²) < 4.78 is 5.32. The van der Waals surface area contributed by atoms with Crippen molar-refractivity contribution in [1.29, 1.82) is 0 Å². The number of carboxylic acids is 1. The maximum absolute atomic E-state index is 12.3. The van der Waals surface area contributed by atoms with Crippen LogP contribution in [0.3, 0.4) is 0 Å². The molecule has 0 aromatic heterocycles. The van der Waals surface area contributed by atoms with E-state index in [1.54, 1.807) is 24.3 Å². The average Bonchev–Trinajstić information content (AvgIpc) is 3.00. The van der Waals surface area contributed by atoms with Crippen molar-refractivity contribution in [3.05, 3.63) is 24.3 Å². The Morgan fingerprint density at radius 2 is 1.96 bits per heavy atom. The van der Waals surface area contributed by atoms with Crippen molar-refractivity contribution in [2.75, 3.05) is 18.1 Å². The highest BCUT2D eigenvalue weighted by Crippen LogP contribution is 2.32. The van der Waals surface area contributed by atoms with E-state index in [9.17, 15) is 19.5 Å². The lowest BCUT2D eigenvalue weighted by atomic mass is 9.98. The van der Waals surface area contributed by atoms with Gasteiger partial charge < -0.3 is 15.2 Å². The minimum atomic E-state index is -1.20. The van der Waals surface area contributed by atoms with E-state index in [0.717, 1.165) is 12.8 Å². The summed E-state index contributed by atoms with van der Waals surface area (Å²) in [6.07, 6.45) is 2.38. The summed E-state index contributed by atoms with van der Waals surface area (Å²) in [5.74, 6) is -1.28. The van der Waals surface area contributed by atoms with Gasteiger partial charge in [0.05, 0.1) is 5.69 Å². The van der Waals surface area contributed by atoms with E-state index in [1.807, 2.05) is 0 Å². The highest BCUT2D eigenvalue weighted by atomic mass is 16.5. The van der Waals surface area contributed by atoms with Gasteiger partial charge in [-0.05, 0) is 25.0 Å². The number of rotatable bonds is 4. The topological polar surface area (TPSA) is 95.9 Å². The van der Waals surface area contributed by atoms with E-state index in [-0.39, 0.29) is 19.1 Å². The van der Waals surface area contributed by atoms with Gasteiger partial charge in [-0.15, -0.1) is 0 Å². The lowest BCUT2D eigenvalue weighted by Gasteiger charge is -2.31. The molecule has 1 aromatic carbocycles. The molecule has 122 valence electrons. The van der Waals surface area contributed by atoms with Crippen LogP contribution in [-0.2, 0) is 14.4 Å². The first kappa shape index (κ1) is 15.3. The number of fused-ring (bicyclic) bond motifs is 1. The molecule has 0 bridgehead atoms. The Labute approximate surface area is 133 Å². The summed E-state index contributed by atoms with van der Waals surface area (Å²) in [6.45, 7) is -0.345. The molecule has 7 heteroatoms. The minimum absolute atomic E-state index is 0.131. The smallest absolute Gasteiger partial charge is 0.329 e. The number of aliphatic carboxylic acids is 1. The number of anilines is 1. The normalized spacial score (nSPS) is 19.0. The van der Waals surface area contributed by atoms with Crippen molar-refractivity contribution in [2.24, 2.45) is 0 Å². The summed E-state index contributed by atoms with van der Waals surface area (Å²) in [4.78, 5) is 37.2. The van der Waals surface area contributed by atoms with E-state index in [4.69, 9.17) is 4.74 Å². The Balaban J connectivity index is 1.75. The molecule has 2 amide bonds. The molecule has 7 nitrogen and oxygen atoms in total. The predicted octanol–water partition coefficient (Wildman–Crippen LogP) is 0.926. The fourth-order valence-corrected chi connectivity index (χ4v) is 3.15. The zero-order valence-electron chi connectivity index (χ0n) is 12.6.